The maximum absolute atomic E-state index is 5.77. The van der Waals surface area contributed by atoms with Gasteiger partial charge in [-0.1, -0.05) is 35.5 Å². The molecule has 3 heteroatoms. The van der Waals surface area contributed by atoms with Crippen molar-refractivity contribution in [1.82, 2.24) is 0 Å². The number of aryl methyl sites for hydroxylation is 2. The average molecular weight is 337 g/mol. The first-order valence-electron chi connectivity index (χ1n) is 8.56. The molecule has 2 rings (SSSR count). The van der Waals surface area contributed by atoms with Crippen LogP contribution in [0.2, 0.25) is 0 Å². The highest BCUT2D eigenvalue weighted by Gasteiger charge is 2.08. The molecule has 0 radical (unpaired) electrons. The van der Waals surface area contributed by atoms with Crippen molar-refractivity contribution < 1.29 is 9.57 Å². The summed E-state index contributed by atoms with van der Waals surface area (Å²) in [6.07, 6.45) is 4.89. The summed E-state index contributed by atoms with van der Waals surface area (Å²) in [7, 11) is 1.57. The van der Waals surface area contributed by atoms with E-state index in [4.69, 9.17) is 9.57 Å². The van der Waals surface area contributed by atoms with E-state index in [1.807, 2.05) is 26.0 Å². The Kier molecular flexibility index (Phi) is 6.81. The number of oxime groups is 1. The minimum atomic E-state index is 0.606. The number of nitrogens with zero attached hydrogens (tertiary/aromatic N) is 1. The molecular formula is C22H27NO2. The lowest BCUT2D eigenvalue weighted by atomic mass is 9.94. The van der Waals surface area contributed by atoms with Crippen LogP contribution in [0.15, 0.2) is 53.7 Å². The van der Waals surface area contributed by atoms with Crippen LogP contribution in [0.1, 0.15) is 41.7 Å². The molecule has 0 bridgehead atoms. The smallest absolute Gasteiger partial charge is 0.120 e. The third-order valence-electron chi connectivity index (χ3n) is 4.21. The molecule has 0 fully saturated rings. The lowest BCUT2D eigenvalue weighted by molar-refractivity contribution is 0.213. The van der Waals surface area contributed by atoms with Gasteiger partial charge in [0.25, 0.3) is 0 Å². The molecule has 2 aromatic carbocycles. The normalized spacial score (nSPS) is 11.8. The fraction of sp³-hybridized carbons (Fsp3) is 0.318. The van der Waals surface area contributed by atoms with Crippen molar-refractivity contribution >= 4 is 5.71 Å². The number of rotatable bonds is 7. The molecule has 0 aliphatic heterocycles. The molecule has 3 nitrogen and oxygen atoms in total. The Morgan fingerprint density at radius 3 is 2.48 bits per heavy atom. The SMILES string of the molecule is C/C=C/COc1cc(C)c(Cc2cccc(/C(C)=N\OC)c2)c(C)c1. The van der Waals surface area contributed by atoms with Crippen molar-refractivity contribution in [3.8, 4) is 5.75 Å². The molecule has 0 spiro atoms. The number of benzene rings is 2. The van der Waals surface area contributed by atoms with Gasteiger partial charge in [-0.15, -0.1) is 0 Å². The lowest BCUT2D eigenvalue weighted by Crippen LogP contribution is -2.01. The summed E-state index contributed by atoms with van der Waals surface area (Å²) < 4.78 is 5.77. The Balaban J connectivity index is 2.23. The largest absolute Gasteiger partial charge is 0.490 e. The quantitative estimate of drug-likeness (QED) is 0.394. The third kappa shape index (κ3) is 5.21. The fourth-order valence-electron chi connectivity index (χ4n) is 2.86. The third-order valence-corrected chi connectivity index (χ3v) is 4.21. The first-order chi connectivity index (χ1) is 12.0. The van der Waals surface area contributed by atoms with Gasteiger partial charge in [0, 0.05) is 0 Å². The van der Waals surface area contributed by atoms with E-state index < -0.39 is 0 Å². The standard InChI is InChI=1S/C22H27NO2/c1-6-7-11-25-21-12-16(2)22(17(3)13-21)15-19-9-8-10-20(14-19)18(4)23-24-5/h6-10,12-14H,11,15H2,1-5H3/b7-6+,23-18-. The Labute approximate surface area is 151 Å². The Morgan fingerprint density at radius 2 is 1.84 bits per heavy atom. The van der Waals surface area contributed by atoms with E-state index in [2.05, 4.69) is 55.4 Å². The van der Waals surface area contributed by atoms with Crippen molar-refractivity contribution in [2.24, 2.45) is 5.16 Å². The summed E-state index contributed by atoms with van der Waals surface area (Å²) in [5, 5.41) is 4.02. The monoisotopic (exact) mass is 337 g/mol. The van der Waals surface area contributed by atoms with E-state index in [1.54, 1.807) is 7.11 Å². The summed E-state index contributed by atoms with van der Waals surface area (Å²) >= 11 is 0. The Morgan fingerprint density at radius 1 is 1.12 bits per heavy atom. The maximum Gasteiger partial charge on any atom is 0.120 e. The first kappa shape index (κ1) is 18.8. The second-order valence-corrected chi connectivity index (χ2v) is 6.15. The van der Waals surface area contributed by atoms with E-state index in [0.29, 0.717) is 6.61 Å². The molecule has 0 aliphatic carbocycles. The molecule has 0 aromatic heterocycles. The summed E-state index contributed by atoms with van der Waals surface area (Å²) in [5.41, 5.74) is 7.08. The molecule has 0 amide bonds. The van der Waals surface area contributed by atoms with Crippen molar-refractivity contribution in [1.29, 1.82) is 0 Å². The van der Waals surface area contributed by atoms with Crippen molar-refractivity contribution in [3.63, 3.8) is 0 Å². The van der Waals surface area contributed by atoms with Crippen LogP contribution in [0, 0.1) is 13.8 Å². The van der Waals surface area contributed by atoms with Gasteiger partial charge in [0.05, 0.1) is 5.71 Å². The van der Waals surface area contributed by atoms with Crippen LogP contribution in [-0.4, -0.2) is 19.4 Å². The van der Waals surface area contributed by atoms with E-state index in [0.717, 1.165) is 23.4 Å². The minimum absolute atomic E-state index is 0.606. The van der Waals surface area contributed by atoms with Crippen LogP contribution in [0.25, 0.3) is 0 Å². The molecule has 25 heavy (non-hydrogen) atoms. The number of hydrogen-bond acceptors (Lipinski definition) is 3. The maximum atomic E-state index is 5.77. The zero-order chi connectivity index (χ0) is 18.2. The van der Waals surface area contributed by atoms with Gasteiger partial charge in [-0.25, -0.2) is 0 Å². The van der Waals surface area contributed by atoms with Gasteiger partial charge in [0.2, 0.25) is 0 Å². The molecule has 0 saturated carbocycles. The van der Waals surface area contributed by atoms with Crippen LogP contribution in [0.3, 0.4) is 0 Å². The molecule has 2 aromatic rings. The second-order valence-electron chi connectivity index (χ2n) is 6.15. The van der Waals surface area contributed by atoms with Crippen molar-refractivity contribution in [2.75, 3.05) is 13.7 Å². The van der Waals surface area contributed by atoms with Gasteiger partial charge in [0.1, 0.15) is 19.5 Å². The van der Waals surface area contributed by atoms with E-state index in [-0.39, 0.29) is 0 Å². The van der Waals surface area contributed by atoms with Crippen LogP contribution in [0.5, 0.6) is 5.75 Å². The highest BCUT2D eigenvalue weighted by Crippen LogP contribution is 2.25. The van der Waals surface area contributed by atoms with Gasteiger partial charge in [-0.2, -0.15) is 0 Å². The van der Waals surface area contributed by atoms with Gasteiger partial charge in [-0.05, 0) is 80.1 Å². The zero-order valence-electron chi connectivity index (χ0n) is 15.8. The molecule has 132 valence electrons. The minimum Gasteiger partial charge on any atom is -0.490 e. The van der Waals surface area contributed by atoms with Crippen LogP contribution >= 0.6 is 0 Å². The lowest BCUT2D eigenvalue weighted by Gasteiger charge is -2.14. The highest BCUT2D eigenvalue weighted by atomic mass is 16.6. The van der Waals surface area contributed by atoms with E-state index >= 15 is 0 Å². The average Bonchev–Trinajstić information content (AvgIpc) is 2.59. The van der Waals surface area contributed by atoms with E-state index in [1.165, 1.54) is 22.3 Å². The van der Waals surface area contributed by atoms with Crippen LogP contribution in [-0.2, 0) is 11.3 Å². The number of allylic oxidation sites excluding steroid dienone is 1. The molecule has 0 N–H and O–H groups in total. The second kappa shape index (κ2) is 9.07. The Hall–Kier alpha value is -2.55. The summed E-state index contributed by atoms with van der Waals surface area (Å²) in [6, 6.07) is 12.7. The summed E-state index contributed by atoms with van der Waals surface area (Å²) in [6.45, 7) is 8.85. The topological polar surface area (TPSA) is 30.8 Å². The number of ether oxygens (including phenoxy) is 1. The fourth-order valence-corrected chi connectivity index (χ4v) is 2.86. The van der Waals surface area contributed by atoms with Crippen LogP contribution in [0.4, 0.5) is 0 Å². The molecule has 0 atom stereocenters. The van der Waals surface area contributed by atoms with Crippen molar-refractivity contribution in [2.45, 2.75) is 34.1 Å². The van der Waals surface area contributed by atoms with Gasteiger partial charge >= 0.3 is 0 Å². The summed E-state index contributed by atoms with van der Waals surface area (Å²) in [4.78, 5) is 4.88. The predicted octanol–water partition coefficient (Wildman–Crippen LogP) is 5.22. The Bertz CT molecular complexity index is 752. The molecular weight excluding hydrogens is 310 g/mol. The van der Waals surface area contributed by atoms with Gasteiger partial charge in [0.15, 0.2) is 0 Å². The number of hydrogen-bond donors (Lipinski definition) is 0. The summed E-state index contributed by atoms with van der Waals surface area (Å²) in [5.74, 6) is 0.925. The van der Waals surface area contributed by atoms with Crippen LogP contribution < -0.4 is 4.74 Å². The van der Waals surface area contributed by atoms with Gasteiger partial charge < -0.3 is 9.57 Å². The highest BCUT2D eigenvalue weighted by molar-refractivity contribution is 5.98. The molecule has 0 aliphatic rings. The first-order valence-corrected chi connectivity index (χ1v) is 8.56. The predicted molar refractivity (Wildman–Crippen MR) is 105 cm³/mol. The molecule has 0 saturated heterocycles. The van der Waals surface area contributed by atoms with Crippen molar-refractivity contribution in [3.05, 3.63) is 76.4 Å². The van der Waals surface area contributed by atoms with Gasteiger partial charge in [-0.3, -0.25) is 0 Å². The molecule has 0 heterocycles. The molecule has 0 unspecified atom stereocenters. The zero-order valence-corrected chi connectivity index (χ0v) is 15.8. The van der Waals surface area contributed by atoms with E-state index in [9.17, 15) is 0 Å².